The maximum absolute atomic E-state index is 5.80. The molecule has 1 nitrogen and oxygen atoms in total. The summed E-state index contributed by atoms with van der Waals surface area (Å²) in [5.74, 6) is 0. The molecule has 0 aromatic carbocycles. The Kier molecular flexibility index (Phi) is 7.56. The zero-order chi connectivity index (χ0) is 8.69. The van der Waals surface area contributed by atoms with E-state index in [2.05, 4.69) is 13.8 Å². The van der Waals surface area contributed by atoms with E-state index in [4.69, 9.17) is 27.9 Å². The monoisotopic (exact) mass is 198 g/mol. The van der Waals surface area contributed by atoms with Crippen LogP contribution in [-0.4, -0.2) is 11.1 Å². The first-order chi connectivity index (χ1) is 5.20. The molecule has 0 saturated heterocycles. The molecule has 2 unspecified atom stereocenters. The third-order valence-electron chi connectivity index (χ3n) is 1.33. The first-order valence-corrected chi connectivity index (χ1v) is 5.01. The molecule has 0 heterocycles. The molecule has 0 fully saturated rings. The number of hydrogen-bond acceptors (Lipinski definition) is 1. The van der Waals surface area contributed by atoms with Crippen LogP contribution in [0.25, 0.3) is 0 Å². The lowest BCUT2D eigenvalue weighted by molar-refractivity contribution is 0.0714. The van der Waals surface area contributed by atoms with Crippen LogP contribution in [0.2, 0.25) is 0 Å². The minimum Gasteiger partial charge on any atom is -0.344 e. The standard InChI is InChI=1S/C8H16Cl2O/c1-3-5-7(9)11-8(10)6-4-2/h7-8H,3-6H2,1-2H3. The van der Waals surface area contributed by atoms with E-state index in [1.54, 1.807) is 0 Å². The van der Waals surface area contributed by atoms with Crippen molar-refractivity contribution >= 4 is 23.2 Å². The molecule has 0 aliphatic carbocycles. The molecular formula is C8H16Cl2O. The number of ether oxygens (including phenoxy) is 1. The number of rotatable bonds is 6. The summed E-state index contributed by atoms with van der Waals surface area (Å²) >= 11 is 11.6. The van der Waals surface area contributed by atoms with Crippen LogP contribution in [0.1, 0.15) is 39.5 Å². The Morgan fingerprint density at radius 2 is 1.36 bits per heavy atom. The van der Waals surface area contributed by atoms with Crippen molar-refractivity contribution in [2.75, 3.05) is 0 Å². The molecule has 0 aromatic rings. The van der Waals surface area contributed by atoms with E-state index in [0.29, 0.717) is 0 Å². The zero-order valence-electron chi connectivity index (χ0n) is 7.15. The van der Waals surface area contributed by atoms with Crippen LogP contribution in [0.5, 0.6) is 0 Å². The fourth-order valence-electron chi connectivity index (χ4n) is 0.750. The van der Waals surface area contributed by atoms with Gasteiger partial charge in [-0.05, 0) is 12.8 Å². The van der Waals surface area contributed by atoms with Gasteiger partial charge in [0.2, 0.25) is 0 Å². The zero-order valence-corrected chi connectivity index (χ0v) is 8.66. The summed E-state index contributed by atoms with van der Waals surface area (Å²) in [5, 5.41) is 0. The molecule has 0 aliphatic rings. The van der Waals surface area contributed by atoms with Crippen molar-refractivity contribution in [2.24, 2.45) is 0 Å². The van der Waals surface area contributed by atoms with Crippen LogP contribution < -0.4 is 0 Å². The van der Waals surface area contributed by atoms with E-state index in [1.807, 2.05) is 0 Å². The number of halogens is 2. The molecule has 0 aromatic heterocycles. The summed E-state index contributed by atoms with van der Waals surface area (Å²) in [6, 6.07) is 0. The molecule has 0 spiro atoms. The quantitative estimate of drug-likeness (QED) is 0.592. The van der Waals surface area contributed by atoms with Gasteiger partial charge in [-0.15, -0.1) is 0 Å². The normalized spacial score (nSPS) is 16.4. The molecule has 0 radical (unpaired) electrons. The highest BCUT2D eigenvalue weighted by molar-refractivity contribution is 6.21. The third kappa shape index (κ3) is 6.92. The molecule has 0 rings (SSSR count). The first kappa shape index (κ1) is 11.5. The average Bonchev–Trinajstić information content (AvgIpc) is 1.87. The van der Waals surface area contributed by atoms with Crippen molar-refractivity contribution in [1.29, 1.82) is 0 Å². The van der Waals surface area contributed by atoms with E-state index in [1.165, 1.54) is 0 Å². The molecule has 0 saturated carbocycles. The predicted molar refractivity (Wildman–Crippen MR) is 50.2 cm³/mol. The highest BCUT2D eigenvalue weighted by Crippen LogP contribution is 2.15. The Bertz CT molecular complexity index is 78.2. The Morgan fingerprint density at radius 3 is 1.64 bits per heavy atom. The number of alkyl halides is 2. The van der Waals surface area contributed by atoms with Gasteiger partial charge in [-0.2, -0.15) is 0 Å². The largest absolute Gasteiger partial charge is 0.344 e. The van der Waals surface area contributed by atoms with Gasteiger partial charge in [0.15, 0.2) is 0 Å². The molecular weight excluding hydrogens is 183 g/mol. The van der Waals surface area contributed by atoms with Crippen LogP contribution in [0.4, 0.5) is 0 Å². The Morgan fingerprint density at radius 1 is 1.00 bits per heavy atom. The summed E-state index contributed by atoms with van der Waals surface area (Å²) in [4.78, 5) is 0. The molecule has 0 bridgehead atoms. The number of hydrogen-bond donors (Lipinski definition) is 0. The molecule has 2 atom stereocenters. The smallest absolute Gasteiger partial charge is 0.133 e. The summed E-state index contributed by atoms with van der Waals surface area (Å²) in [6.07, 6.45) is 3.80. The van der Waals surface area contributed by atoms with Crippen LogP contribution in [0, 0.1) is 0 Å². The van der Waals surface area contributed by atoms with E-state index in [-0.39, 0.29) is 11.1 Å². The highest BCUT2D eigenvalue weighted by Gasteiger charge is 2.09. The maximum Gasteiger partial charge on any atom is 0.133 e. The second-order valence-electron chi connectivity index (χ2n) is 2.53. The molecule has 0 aliphatic heterocycles. The molecule has 3 heteroatoms. The molecule has 0 N–H and O–H groups in total. The van der Waals surface area contributed by atoms with Gasteiger partial charge < -0.3 is 4.74 Å². The van der Waals surface area contributed by atoms with Gasteiger partial charge in [0.25, 0.3) is 0 Å². The fraction of sp³-hybridized carbons (Fsp3) is 1.00. The van der Waals surface area contributed by atoms with E-state index in [9.17, 15) is 0 Å². The lowest BCUT2D eigenvalue weighted by atomic mass is 10.3. The fourth-order valence-corrected chi connectivity index (χ4v) is 1.49. The van der Waals surface area contributed by atoms with Gasteiger partial charge in [-0.25, -0.2) is 0 Å². The second kappa shape index (κ2) is 7.20. The lowest BCUT2D eigenvalue weighted by Gasteiger charge is -2.14. The van der Waals surface area contributed by atoms with Gasteiger partial charge in [0, 0.05) is 0 Å². The summed E-state index contributed by atoms with van der Waals surface area (Å²) in [5.41, 5.74) is -0.428. The first-order valence-electron chi connectivity index (χ1n) is 4.14. The van der Waals surface area contributed by atoms with Crippen LogP contribution in [0.3, 0.4) is 0 Å². The highest BCUT2D eigenvalue weighted by atomic mass is 35.5. The van der Waals surface area contributed by atoms with Crippen LogP contribution in [-0.2, 0) is 4.74 Å². The van der Waals surface area contributed by atoms with Crippen LogP contribution >= 0.6 is 23.2 Å². The maximum atomic E-state index is 5.80. The summed E-state index contributed by atoms with van der Waals surface area (Å²) < 4.78 is 5.26. The summed E-state index contributed by atoms with van der Waals surface area (Å²) in [7, 11) is 0. The Balaban J connectivity index is 3.32. The minimum atomic E-state index is -0.214. The molecule has 0 amide bonds. The van der Waals surface area contributed by atoms with Crippen molar-refractivity contribution in [1.82, 2.24) is 0 Å². The van der Waals surface area contributed by atoms with Gasteiger partial charge >= 0.3 is 0 Å². The van der Waals surface area contributed by atoms with Gasteiger partial charge in [-0.3, -0.25) is 0 Å². The van der Waals surface area contributed by atoms with Gasteiger partial charge in [0.05, 0.1) is 0 Å². The molecule has 68 valence electrons. The van der Waals surface area contributed by atoms with Gasteiger partial charge in [-0.1, -0.05) is 49.9 Å². The summed E-state index contributed by atoms with van der Waals surface area (Å²) in [6.45, 7) is 4.14. The third-order valence-corrected chi connectivity index (χ3v) is 1.97. The van der Waals surface area contributed by atoms with Crippen molar-refractivity contribution in [3.05, 3.63) is 0 Å². The lowest BCUT2D eigenvalue weighted by Crippen LogP contribution is -2.12. The van der Waals surface area contributed by atoms with E-state index >= 15 is 0 Å². The van der Waals surface area contributed by atoms with E-state index in [0.717, 1.165) is 25.7 Å². The van der Waals surface area contributed by atoms with Crippen molar-refractivity contribution in [3.8, 4) is 0 Å². The topological polar surface area (TPSA) is 9.23 Å². The van der Waals surface area contributed by atoms with Gasteiger partial charge in [0.1, 0.15) is 11.1 Å². The van der Waals surface area contributed by atoms with Crippen molar-refractivity contribution < 1.29 is 4.74 Å². The average molecular weight is 199 g/mol. The van der Waals surface area contributed by atoms with Crippen molar-refractivity contribution in [3.63, 3.8) is 0 Å². The minimum absolute atomic E-state index is 0.214. The Hall–Kier alpha value is 0.540. The van der Waals surface area contributed by atoms with E-state index < -0.39 is 0 Å². The predicted octanol–water partition coefficient (Wildman–Crippen LogP) is 3.73. The SMILES string of the molecule is CCCC(Cl)OC(Cl)CCC. The second-order valence-corrected chi connectivity index (χ2v) is 3.51. The molecule has 11 heavy (non-hydrogen) atoms. The van der Waals surface area contributed by atoms with Crippen molar-refractivity contribution in [2.45, 2.75) is 50.7 Å². The van der Waals surface area contributed by atoms with Crippen LogP contribution in [0.15, 0.2) is 0 Å². The Labute approximate surface area is 79.0 Å².